The van der Waals surface area contributed by atoms with Crippen LogP contribution < -0.4 is 4.90 Å². The number of furan rings is 1. The first-order valence-corrected chi connectivity index (χ1v) is 8.32. The lowest BCUT2D eigenvalue weighted by atomic mass is 10.2. The Balaban J connectivity index is 1.72. The molecule has 0 bridgehead atoms. The topological polar surface area (TPSA) is 36.7 Å². The quantitative estimate of drug-likeness (QED) is 0.656. The van der Waals surface area contributed by atoms with E-state index in [1.165, 1.54) is 0 Å². The number of hydrogen-bond acceptors (Lipinski definition) is 3. The number of carbonyl (C=O) groups is 1. The number of hydrogen-bond donors (Lipinski definition) is 0. The summed E-state index contributed by atoms with van der Waals surface area (Å²) in [5.74, 6) is 0.846. The third kappa shape index (κ3) is 4.73. The van der Waals surface area contributed by atoms with Crippen molar-refractivity contribution in [2.45, 2.75) is 13.1 Å². The van der Waals surface area contributed by atoms with Crippen LogP contribution in [0.2, 0.25) is 0 Å². The fourth-order valence-electron chi connectivity index (χ4n) is 2.70. The fourth-order valence-corrected chi connectivity index (χ4v) is 2.70. The third-order valence-electron chi connectivity index (χ3n) is 4.07. The van der Waals surface area contributed by atoms with E-state index >= 15 is 0 Å². The van der Waals surface area contributed by atoms with Gasteiger partial charge in [0.15, 0.2) is 0 Å². The molecule has 2 aromatic carbocycles. The first-order chi connectivity index (χ1) is 12.2. The molecule has 0 radical (unpaired) electrons. The molecule has 1 heterocycles. The molecule has 128 valence electrons. The molecular weight excluding hydrogens is 312 g/mol. The van der Waals surface area contributed by atoms with Gasteiger partial charge in [0.2, 0.25) is 5.91 Å². The molecule has 4 nitrogen and oxygen atoms in total. The highest BCUT2D eigenvalue weighted by Gasteiger charge is 2.18. The Kier molecular flexibility index (Phi) is 5.52. The van der Waals surface area contributed by atoms with E-state index in [1.54, 1.807) is 6.26 Å². The Morgan fingerprint density at radius 3 is 2.20 bits per heavy atom. The van der Waals surface area contributed by atoms with Crippen LogP contribution in [-0.4, -0.2) is 24.4 Å². The number of carbonyl (C=O) groups excluding carboxylic acids is 1. The van der Waals surface area contributed by atoms with Gasteiger partial charge in [-0.25, -0.2) is 0 Å². The molecule has 0 N–H and O–H groups in total. The van der Waals surface area contributed by atoms with Crippen molar-refractivity contribution in [1.29, 1.82) is 0 Å². The molecule has 3 rings (SSSR count). The second-order valence-electron chi connectivity index (χ2n) is 6.01. The van der Waals surface area contributed by atoms with Gasteiger partial charge in [0, 0.05) is 19.3 Å². The van der Waals surface area contributed by atoms with Gasteiger partial charge in [-0.05, 0) is 29.8 Å². The lowest BCUT2D eigenvalue weighted by Crippen LogP contribution is -2.38. The number of para-hydroxylation sites is 1. The highest BCUT2D eigenvalue weighted by molar-refractivity contribution is 5.81. The largest absolute Gasteiger partial charge is 0.467 e. The van der Waals surface area contributed by atoms with E-state index in [1.807, 2.05) is 89.6 Å². The number of nitrogens with zero attached hydrogens (tertiary/aromatic N) is 2. The average Bonchev–Trinajstić information content (AvgIpc) is 3.16. The van der Waals surface area contributed by atoms with Crippen molar-refractivity contribution in [2.75, 3.05) is 18.5 Å². The molecule has 1 amide bonds. The maximum atomic E-state index is 12.9. The van der Waals surface area contributed by atoms with Crippen molar-refractivity contribution in [3.05, 3.63) is 90.4 Å². The second-order valence-corrected chi connectivity index (χ2v) is 6.01. The van der Waals surface area contributed by atoms with Crippen LogP contribution in [0.1, 0.15) is 11.3 Å². The number of benzene rings is 2. The molecule has 0 atom stereocenters. The second kappa shape index (κ2) is 8.20. The summed E-state index contributed by atoms with van der Waals surface area (Å²) in [5.41, 5.74) is 2.12. The summed E-state index contributed by atoms with van der Waals surface area (Å²) in [5, 5.41) is 0. The van der Waals surface area contributed by atoms with E-state index in [4.69, 9.17) is 4.42 Å². The Morgan fingerprint density at radius 2 is 1.56 bits per heavy atom. The summed E-state index contributed by atoms with van der Waals surface area (Å²) in [4.78, 5) is 16.7. The van der Waals surface area contributed by atoms with E-state index in [0.717, 1.165) is 17.0 Å². The Bertz CT molecular complexity index is 770. The van der Waals surface area contributed by atoms with Crippen molar-refractivity contribution < 1.29 is 9.21 Å². The van der Waals surface area contributed by atoms with Gasteiger partial charge >= 0.3 is 0 Å². The zero-order chi connectivity index (χ0) is 17.5. The molecule has 25 heavy (non-hydrogen) atoms. The first kappa shape index (κ1) is 16.8. The highest BCUT2D eigenvalue weighted by Crippen LogP contribution is 2.14. The molecule has 0 spiro atoms. The van der Waals surface area contributed by atoms with Gasteiger partial charge in [-0.2, -0.15) is 0 Å². The van der Waals surface area contributed by atoms with Crippen LogP contribution in [0.15, 0.2) is 83.5 Å². The molecule has 0 aliphatic rings. The number of amides is 1. The smallest absolute Gasteiger partial charge is 0.242 e. The van der Waals surface area contributed by atoms with E-state index in [2.05, 4.69) is 0 Å². The highest BCUT2D eigenvalue weighted by atomic mass is 16.3. The van der Waals surface area contributed by atoms with Crippen LogP contribution in [0, 0.1) is 0 Å². The molecule has 0 fully saturated rings. The van der Waals surface area contributed by atoms with Gasteiger partial charge in [0.05, 0.1) is 19.4 Å². The maximum Gasteiger partial charge on any atom is 0.242 e. The van der Waals surface area contributed by atoms with Crippen LogP contribution in [0.5, 0.6) is 0 Å². The maximum absolute atomic E-state index is 12.9. The minimum Gasteiger partial charge on any atom is -0.467 e. The summed E-state index contributed by atoms with van der Waals surface area (Å²) in [6.45, 7) is 1.34. The molecule has 0 saturated heterocycles. The van der Waals surface area contributed by atoms with Crippen LogP contribution in [0.25, 0.3) is 0 Å². The first-order valence-electron chi connectivity index (χ1n) is 8.32. The lowest BCUT2D eigenvalue weighted by molar-refractivity contribution is -0.131. The van der Waals surface area contributed by atoms with Gasteiger partial charge in [-0.1, -0.05) is 48.5 Å². The van der Waals surface area contributed by atoms with E-state index in [9.17, 15) is 4.79 Å². The van der Waals surface area contributed by atoms with Gasteiger partial charge in [0.1, 0.15) is 5.76 Å². The predicted molar refractivity (Wildman–Crippen MR) is 99.1 cm³/mol. The number of rotatable bonds is 7. The summed E-state index contributed by atoms with van der Waals surface area (Å²) in [6.07, 6.45) is 1.64. The number of anilines is 1. The van der Waals surface area contributed by atoms with Gasteiger partial charge < -0.3 is 14.2 Å². The van der Waals surface area contributed by atoms with Gasteiger partial charge in [-0.15, -0.1) is 0 Å². The van der Waals surface area contributed by atoms with Gasteiger partial charge in [-0.3, -0.25) is 4.79 Å². The normalized spacial score (nSPS) is 10.4. The zero-order valence-electron chi connectivity index (χ0n) is 14.3. The molecule has 0 unspecified atom stereocenters. The van der Waals surface area contributed by atoms with Gasteiger partial charge in [0.25, 0.3) is 0 Å². The minimum absolute atomic E-state index is 0.0617. The van der Waals surface area contributed by atoms with E-state index in [-0.39, 0.29) is 5.91 Å². The Morgan fingerprint density at radius 1 is 0.880 bits per heavy atom. The van der Waals surface area contributed by atoms with Crippen molar-refractivity contribution in [1.82, 2.24) is 4.90 Å². The summed E-state index contributed by atoms with van der Waals surface area (Å²) in [7, 11) is 1.93. The van der Waals surface area contributed by atoms with Crippen molar-refractivity contribution in [3.63, 3.8) is 0 Å². The van der Waals surface area contributed by atoms with Crippen molar-refractivity contribution >= 4 is 11.6 Å². The summed E-state index contributed by atoms with van der Waals surface area (Å²) in [6, 6.07) is 23.7. The third-order valence-corrected chi connectivity index (χ3v) is 4.07. The summed E-state index contributed by atoms with van der Waals surface area (Å²) >= 11 is 0. The molecule has 0 aliphatic heterocycles. The monoisotopic (exact) mass is 334 g/mol. The van der Waals surface area contributed by atoms with Crippen LogP contribution in [-0.2, 0) is 17.9 Å². The minimum atomic E-state index is 0.0617. The zero-order valence-corrected chi connectivity index (χ0v) is 14.3. The SMILES string of the molecule is CN(CC(=O)N(Cc1ccccc1)Cc1ccco1)c1ccccc1. The lowest BCUT2D eigenvalue weighted by Gasteiger charge is -2.26. The standard InChI is InChI=1S/C21H22N2O2/c1-22(19-11-6-3-7-12-19)17-21(24)23(16-20-13-8-14-25-20)15-18-9-4-2-5-10-18/h2-14H,15-17H2,1H3. The number of likely N-dealkylation sites (N-methyl/N-ethyl adjacent to an activating group) is 1. The average molecular weight is 334 g/mol. The molecular formula is C21H22N2O2. The predicted octanol–water partition coefficient (Wildman–Crippen LogP) is 3.94. The van der Waals surface area contributed by atoms with E-state index in [0.29, 0.717) is 19.6 Å². The van der Waals surface area contributed by atoms with Crippen molar-refractivity contribution in [3.8, 4) is 0 Å². The van der Waals surface area contributed by atoms with Crippen LogP contribution >= 0.6 is 0 Å². The Labute approximate surface area is 148 Å². The molecule has 3 aromatic rings. The molecule has 1 aromatic heterocycles. The van der Waals surface area contributed by atoms with E-state index < -0.39 is 0 Å². The molecule has 4 heteroatoms. The molecule has 0 saturated carbocycles. The van der Waals surface area contributed by atoms with Crippen LogP contribution in [0.4, 0.5) is 5.69 Å². The fraction of sp³-hybridized carbons (Fsp3) is 0.190. The van der Waals surface area contributed by atoms with Crippen molar-refractivity contribution in [2.24, 2.45) is 0 Å². The molecule has 0 aliphatic carbocycles. The summed E-state index contributed by atoms with van der Waals surface area (Å²) < 4.78 is 5.43. The Hall–Kier alpha value is -3.01. The van der Waals surface area contributed by atoms with Crippen LogP contribution in [0.3, 0.4) is 0 Å².